The monoisotopic (exact) mass is 323 g/mol. The summed E-state index contributed by atoms with van der Waals surface area (Å²) in [5.41, 5.74) is 1.28. The van der Waals surface area contributed by atoms with Crippen molar-refractivity contribution in [1.82, 2.24) is 5.32 Å². The maximum absolute atomic E-state index is 6.12. The Morgan fingerprint density at radius 3 is 2.68 bits per heavy atom. The van der Waals surface area contributed by atoms with Crippen LogP contribution < -0.4 is 10.1 Å². The van der Waals surface area contributed by atoms with Crippen molar-refractivity contribution in [2.45, 2.75) is 51.1 Å². The molecule has 0 aliphatic heterocycles. The molecule has 2 aliphatic rings. The van der Waals surface area contributed by atoms with Gasteiger partial charge < -0.3 is 10.1 Å². The van der Waals surface area contributed by atoms with Crippen molar-refractivity contribution in [1.29, 1.82) is 0 Å². The molecule has 0 amide bonds. The van der Waals surface area contributed by atoms with Crippen LogP contribution in [-0.4, -0.2) is 12.6 Å². The molecule has 0 atom stereocenters. The van der Waals surface area contributed by atoms with Gasteiger partial charge in [-0.2, -0.15) is 0 Å². The fourth-order valence-corrected chi connectivity index (χ4v) is 3.30. The zero-order chi connectivity index (χ0) is 13.1. The highest BCUT2D eigenvalue weighted by atomic mass is 79.9. The molecule has 104 valence electrons. The van der Waals surface area contributed by atoms with E-state index in [1.807, 2.05) is 0 Å². The molecule has 0 unspecified atom stereocenters. The second-order valence-electron chi connectivity index (χ2n) is 5.84. The van der Waals surface area contributed by atoms with Gasteiger partial charge in [0, 0.05) is 18.2 Å². The lowest BCUT2D eigenvalue weighted by Gasteiger charge is -2.16. The summed E-state index contributed by atoms with van der Waals surface area (Å²) in [6.07, 6.45) is 8.07. The minimum absolute atomic E-state index is 0.738. The summed E-state index contributed by atoms with van der Waals surface area (Å²) in [4.78, 5) is 0. The summed E-state index contributed by atoms with van der Waals surface area (Å²) in [6.45, 7) is 1.79. The molecule has 0 aromatic heterocycles. The second kappa shape index (κ2) is 6.27. The van der Waals surface area contributed by atoms with Gasteiger partial charge in [-0.15, -0.1) is 0 Å². The second-order valence-corrected chi connectivity index (χ2v) is 6.70. The Hall–Kier alpha value is -0.540. The van der Waals surface area contributed by atoms with Gasteiger partial charge in [0.2, 0.25) is 0 Å². The van der Waals surface area contributed by atoms with Crippen molar-refractivity contribution in [3.05, 3.63) is 28.2 Å². The van der Waals surface area contributed by atoms with Crippen LogP contribution in [0.15, 0.2) is 22.7 Å². The van der Waals surface area contributed by atoms with Crippen molar-refractivity contribution >= 4 is 15.9 Å². The summed E-state index contributed by atoms with van der Waals surface area (Å²) < 4.78 is 7.20. The molecule has 0 bridgehead atoms. The lowest BCUT2D eigenvalue weighted by molar-refractivity contribution is 0.248. The topological polar surface area (TPSA) is 21.3 Å². The van der Waals surface area contributed by atoms with Gasteiger partial charge in [0.1, 0.15) is 5.75 Å². The van der Waals surface area contributed by atoms with Crippen LogP contribution in [0.25, 0.3) is 0 Å². The summed E-state index contributed by atoms with van der Waals surface area (Å²) >= 11 is 3.63. The molecule has 3 rings (SSSR count). The molecule has 0 saturated heterocycles. The minimum Gasteiger partial charge on any atom is -0.492 e. The van der Waals surface area contributed by atoms with Crippen LogP contribution in [0.3, 0.4) is 0 Å². The molecule has 2 saturated carbocycles. The fraction of sp³-hybridized carbons (Fsp3) is 0.625. The van der Waals surface area contributed by atoms with E-state index in [9.17, 15) is 0 Å². The molecular weight excluding hydrogens is 302 g/mol. The zero-order valence-corrected chi connectivity index (χ0v) is 12.9. The number of hydrogen-bond donors (Lipinski definition) is 1. The van der Waals surface area contributed by atoms with E-state index in [1.54, 1.807) is 0 Å². The van der Waals surface area contributed by atoms with E-state index in [-0.39, 0.29) is 0 Å². The number of para-hydroxylation sites is 1. The summed E-state index contributed by atoms with van der Waals surface area (Å²) in [6, 6.07) is 7.08. The molecule has 0 heterocycles. The van der Waals surface area contributed by atoms with Crippen LogP contribution in [0, 0.1) is 5.92 Å². The largest absolute Gasteiger partial charge is 0.492 e. The smallest absolute Gasteiger partial charge is 0.137 e. The van der Waals surface area contributed by atoms with Crippen molar-refractivity contribution in [3.63, 3.8) is 0 Å². The predicted molar refractivity (Wildman–Crippen MR) is 81.5 cm³/mol. The molecule has 0 radical (unpaired) electrons. The van der Waals surface area contributed by atoms with Crippen LogP contribution in [0.4, 0.5) is 0 Å². The van der Waals surface area contributed by atoms with Gasteiger partial charge in [-0.3, -0.25) is 0 Å². The predicted octanol–water partition coefficient (Wildman–Crippen LogP) is 4.27. The average Bonchev–Trinajstić information content (AvgIpc) is 3.10. The Morgan fingerprint density at radius 2 is 1.95 bits per heavy atom. The van der Waals surface area contributed by atoms with E-state index < -0.39 is 0 Å². The number of benzene rings is 1. The van der Waals surface area contributed by atoms with E-state index >= 15 is 0 Å². The molecule has 1 N–H and O–H groups in total. The number of nitrogens with one attached hydrogen (secondary N) is 1. The molecule has 3 heteroatoms. The Morgan fingerprint density at radius 1 is 1.16 bits per heavy atom. The average molecular weight is 324 g/mol. The fourth-order valence-electron chi connectivity index (χ4n) is 2.77. The number of halogens is 1. The first kappa shape index (κ1) is 13.4. The lowest BCUT2D eigenvalue weighted by Crippen LogP contribution is -2.17. The first-order valence-corrected chi connectivity index (χ1v) is 8.26. The Kier molecular flexibility index (Phi) is 4.44. The Bertz CT molecular complexity index is 425. The van der Waals surface area contributed by atoms with Crippen LogP contribution >= 0.6 is 15.9 Å². The highest BCUT2D eigenvalue weighted by molar-refractivity contribution is 9.10. The number of rotatable bonds is 6. The number of ether oxygens (including phenoxy) is 1. The standard InChI is InChI=1S/C16H22BrNO/c17-15-7-3-6-13(10-18-14-8-9-14)16(15)19-11-12-4-1-2-5-12/h3,6-7,12,14,18H,1-2,4-5,8-11H2. The van der Waals surface area contributed by atoms with E-state index in [2.05, 4.69) is 39.4 Å². The number of hydrogen-bond acceptors (Lipinski definition) is 2. The van der Waals surface area contributed by atoms with E-state index in [0.717, 1.165) is 35.3 Å². The maximum Gasteiger partial charge on any atom is 0.137 e. The van der Waals surface area contributed by atoms with Gasteiger partial charge in [-0.25, -0.2) is 0 Å². The summed E-state index contributed by atoms with van der Waals surface area (Å²) in [5.74, 6) is 1.80. The van der Waals surface area contributed by atoms with Crippen LogP contribution in [-0.2, 0) is 6.54 Å². The highest BCUT2D eigenvalue weighted by Gasteiger charge is 2.21. The van der Waals surface area contributed by atoms with Gasteiger partial charge in [-0.05, 0) is 53.6 Å². The summed E-state index contributed by atoms with van der Waals surface area (Å²) in [5, 5.41) is 3.57. The molecular formula is C16H22BrNO. The molecule has 2 aliphatic carbocycles. The van der Waals surface area contributed by atoms with Crippen molar-refractivity contribution in [2.24, 2.45) is 5.92 Å². The van der Waals surface area contributed by atoms with E-state index in [1.165, 1.54) is 44.1 Å². The SMILES string of the molecule is Brc1cccc(CNC2CC2)c1OCC1CCCC1. The van der Waals surface area contributed by atoms with Crippen molar-refractivity contribution in [3.8, 4) is 5.75 Å². The molecule has 19 heavy (non-hydrogen) atoms. The zero-order valence-electron chi connectivity index (χ0n) is 11.3. The van der Waals surface area contributed by atoms with Crippen LogP contribution in [0.5, 0.6) is 5.75 Å². The molecule has 0 spiro atoms. The first-order chi connectivity index (χ1) is 9.33. The van der Waals surface area contributed by atoms with Crippen molar-refractivity contribution in [2.75, 3.05) is 6.61 Å². The van der Waals surface area contributed by atoms with Gasteiger partial charge in [0.25, 0.3) is 0 Å². The first-order valence-electron chi connectivity index (χ1n) is 7.46. The third-order valence-electron chi connectivity index (χ3n) is 4.15. The normalized spacial score (nSPS) is 19.8. The van der Waals surface area contributed by atoms with Gasteiger partial charge >= 0.3 is 0 Å². The third kappa shape index (κ3) is 3.73. The maximum atomic E-state index is 6.12. The Balaban J connectivity index is 1.62. The van der Waals surface area contributed by atoms with Crippen LogP contribution in [0.2, 0.25) is 0 Å². The summed E-state index contributed by atoms with van der Waals surface area (Å²) in [7, 11) is 0. The minimum atomic E-state index is 0.738. The molecule has 1 aromatic rings. The quantitative estimate of drug-likeness (QED) is 0.844. The molecule has 2 nitrogen and oxygen atoms in total. The molecule has 1 aromatic carbocycles. The van der Waals surface area contributed by atoms with E-state index in [0.29, 0.717) is 0 Å². The van der Waals surface area contributed by atoms with Gasteiger partial charge in [0.05, 0.1) is 11.1 Å². The Labute approximate surface area is 124 Å². The van der Waals surface area contributed by atoms with Crippen LogP contribution in [0.1, 0.15) is 44.1 Å². The van der Waals surface area contributed by atoms with Gasteiger partial charge in [-0.1, -0.05) is 25.0 Å². The van der Waals surface area contributed by atoms with Crippen molar-refractivity contribution < 1.29 is 4.74 Å². The third-order valence-corrected chi connectivity index (χ3v) is 4.77. The van der Waals surface area contributed by atoms with E-state index in [4.69, 9.17) is 4.74 Å². The molecule has 2 fully saturated rings. The van der Waals surface area contributed by atoms with Gasteiger partial charge in [0.15, 0.2) is 0 Å². The highest BCUT2D eigenvalue weighted by Crippen LogP contribution is 2.32. The lowest BCUT2D eigenvalue weighted by atomic mass is 10.1.